The van der Waals surface area contributed by atoms with Gasteiger partial charge < -0.3 is 10.3 Å². The first-order chi connectivity index (χ1) is 9.24. The highest BCUT2D eigenvalue weighted by Crippen LogP contribution is 2.37. The van der Waals surface area contributed by atoms with Crippen molar-refractivity contribution in [3.8, 4) is 11.5 Å². The van der Waals surface area contributed by atoms with Crippen LogP contribution in [0.2, 0.25) is 0 Å². The maximum absolute atomic E-state index is 5.98. The number of nitrogens with zero attached hydrogens (tertiary/aromatic N) is 2. The summed E-state index contributed by atoms with van der Waals surface area (Å²) in [6, 6.07) is 5.84. The molecule has 2 N–H and O–H groups in total. The molecule has 1 aromatic carbocycles. The largest absolute Gasteiger partial charge is 0.398 e. The van der Waals surface area contributed by atoms with Gasteiger partial charge >= 0.3 is 0 Å². The van der Waals surface area contributed by atoms with Crippen LogP contribution >= 0.6 is 11.8 Å². The highest BCUT2D eigenvalue weighted by molar-refractivity contribution is 7.99. The molecular formula is C14H17N3OS. The summed E-state index contributed by atoms with van der Waals surface area (Å²) in [7, 11) is 0. The van der Waals surface area contributed by atoms with Gasteiger partial charge in [-0.1, -0.05) is 23.2 Å². The Labute approximate surface area is 116 Å². The molecule has 5 heteroatoms. The number of hydrogen-bond acceptors (Lipinski definition) is 5. The molecule has 2 heterocycles. The van der Waals surface area contributed by atoms with Gasteiger partial charge in [-0.3, -0.25) is 0 Å². The lowest BCUT2D eigenvalue weighted by atomic mass is 10.1. The molecule has 0 aliphatic carbocycles. The Hall–Kier alpha value is -1.49. The predicted molar refractivity (Wildman–Crippen MR) is 77.9 cm³/mol. The molecule has 3 rings (SSSR count). The second-order valence-electron chi connectivity index (χ2n) is 4.90. The zero-order valence-corrected chi connectivity index (χ0v) is 11.7. The Kier molecular flexibility index (Phi) is 3.46. The molecule has 0 bridgehead atoms. The van der Waals surface area contributed by atoms with Gasteiger partial charge in [-0.25, -0.2) is 0 Å². The van der Waals surface area contributed by atoms with Crippen LogP contribution in [0.4, 0.5) is 5.69 Å². The number of aromatic nitrogens is 2. The Balaban J connectivity index is 1.89. The van der Waals surface area contributed by atoms with E-state index in [1.54, 1.807) is 0 Å². The van der Waals surface area contributed by atoms with Crippen molar-refractivity contribution < 1.29 is 4.52 Å². The summed E-state index contributed by atoms with van der Waals surface area (Å²) in [6.07, 6.45) is 3.66. The lowest BCUT2D eigenvalue weighted by molar-refractivity contribution is 0.420. The molecule has 100 valence electrons. The summed E-state index contributed by atoms with van der Waals surface area (Å²) in [6.45, 7) is 2.03. The normalized spacial score (nSPS) is 19.5. The highest BCUT2D eigenvalue weighted by Gasteiger charge is 2.22. The number of nitrogens with two attached hydrogens (primary N) is 1. The Bertz CT molecular complexity index is 576. The van der Waals surface area contributed by atoms with Gasteiger partial charge in [0.15, 0.2) is 5.82 Å². The van der Waals surface area contributed by atoms with Crippen LogP contribution in [0, 0.1) is 6.92 Å². The molecule has 0 spiro atoms. The molecule has 0 saturated carbocycles. The molecule has 1 saturated heterocycles. The minimum absolute atomic E-state index is 0.372. The lowest BCUT2D eigenvalue weighted by Crippen LogP contribution is -2.03. The lowest BCUT2D eigenvalue weighted by Gasteiger charge is -2.17. The maximum atomic E-state index is 5.98. The average molecular weight is 275 g/mol. The predicted octanol–water partition coefficient (Wildman–Crippen LogP) is 3.59. The van der Waals surface area contributed by atoms with Crippen molar-refractivity contribution in [1.29, 1.82) is 0 Å². The summed E-state index contributed by atoms with van der Waals surface area (Å²) in [4.78, 5) is 4.53. The van der Waals surface area contributed by atoms with E-state index in [-0.39, 0.29) is 0 Å². The first-order valence-electron chi connectivity index (χ1n) is 6.56. The zero-order chi connectivity index (χ0) is 13.2. The van der Waals surface area contributed by atoms with E-state index in [1.807, 2.05) is 36.9 Å². The van der Waals surface area contributed by atoms with Gasteiger partial charge in [-0.05, 0) is 37.7 Å². The fraction of sp³-hybridized carbons (Fsp3) is 0.429. The number of aryl methyl sites for hydroxylation is 1. The van der Waals surface area contributed by atoms with Gasteiger partial charge in [0.05, 0.1) is 10.8 Å². The number of nitrogen functional groups attached to an aromatic ring is 1. The Morgan fingerprint density at radius 2 is 2.26 bits per heavy atom. The van der Waals surface area contributed by atoms with Crippen molar-refractivity contribution in [2.45, 2.75) is 31.4 Å². The Morgan fingerprint density at radius 1 is 1.37 bits per heavy atom. The smallest absolute Gasteiger partial charge is 0.260 e. The van der Waals surface area contributed by atoms with Crippen LogP contribution in [0.1, 0.15) is 35.9 Å². The SMILES string of the molecule is Cc1ccc(N)c(-c2nc(C3CCCCS3)no2)c1. The first kappa shape index (κ1) is 12.5. The van der Waals surface area contributed by atoms with Crippen molar-refractivity contribution >= 4 is 17.4 Å². The molecule has 1 fully saturated rings. The van der Waals surface area contributed by atoms with Crippen LogP contribution in [0.25, 0.3) is 11.5 Å². The van der Waals surface area contributed by atoms with Gasteiger partial charge in [0.25, 0.3) is 5.89 Å². The van der Waals surface area contributed by atoms with Gasteiger partial charge in [0.2, 0.25) is 0 Å². The fourth-order valence-electron chi connectivity index (χ4n) is 2.27. The topological polar surface area (TPSA) is 64.9 Å². The van der Waals surface area contributed by atoms with E-state index in [1.165, 1.54) is 18.6 Å². The van der Waals surface area contributed by atoms with Crippen molar-refractivity contribution in [3.63, 3.8) is 0 Å². The van der Waals surface area contributed by atoms with Crippen LogP contribution in [0.3, 0.4) is 0 Å². The fourth-order valence-corrected chi connectivity index (χ4v) is 3.51. The average Bonchev–Trinajstić information content (AvgIpc) is 2.92. The molecule has 4 nitrogen and oxygen atoms in total. The summed E-state index contributed by atoms with van der Waals surface area (Å²) in [5, 5.41) is 4.50. The Morgan fingerprint density at radius 3 is 3.05 bits per heavy atom. The number of hydrogen-bond donors (Lipinski definition) is 1. The zero-order valence-electron chi connectivity index (χ0n) is 10.9. The molecule has 0 radical (unpaired) electrons. The maximum Gasteiger partial charge on any atom is 0.260 e. The van der Waals surface area contributed by atoms with E-state index < -0.39 is 0 Å². The molecule has 2 aromatic rings. The van der Waals surface area contributed by atoms with Crippen molar-refractivity contribution in [1.82, 2.24) is 10.1 Å². The third kappa shape index (κ3) is 2.61. The molecule has 1 atom stereocenters. The van der Waals surface area contributed by atoms with Crippen LogP contribution in [0.5, 0.6) is 0 Å². The monoisotopic (exact) mass is 275 g/mol. The second kappa shape index (κ2) is 5.25. The summed E-state index contributed by atoms with van der Waals surface area (Å²) in [5.74, 6) is 2.52. The number of thioether (sulfide) groups is 1. The minimum atomic E-state index is 0.372. The molecule has 0 amide bonds. The highest BCUT2D eigenvalue weighted by atomic mass is 32.2. The van der Waals surface area contributed by atoms with Crippen molar-refractivity contribution in [3.05, 3.63) is 29.6 Å². The molecule has 19 heavy (non-hydrogen) atoms. The van der Waals surface area contributed by atoms with Crippen molar-refractivity contribution in [2.24, 2.45) is 0 Å². The third-order valence-corrected chi connectivity index (χ3v) is 4.72. The summed E-state index contributed by atoms with van der Waals surface area (Å²) >= 11 is 1.92. The van der Waals surface area contributed by atoms with Gasteiger partial charge in [0, 0.05) is 5.69 Å². The van der Waals surface area contributed by atoms with Crippen LogP contribution in [-0.2, 0) is 0 Å². The van der Waals surface area contributed by atoms with Gasteiger partial charge in [0.1, 0.15) is 0 Å². The van der Waals surface area contributed by atoms with Crippen molar-refractivity contribution in [2.75, 3.05) is 11.5 Å². The molecule has 1 aromatic heterocycles. The van der Waals surface area contributed by atoms with Crippen LogP contribution < -0.4 is 5.73 Å². The van der Waals surface area contributed by atoms with Gasteiger partial charge in [-0.2, -0.15) is 16.7 Å². The van der Waals surface area contributed by atoms with Gasteiger partial charge in [-0.15, -0.1) is 0 Å². The minimum Gasteiger partial charge on any atom is -0.398 e. The second-order valence-corrected chi connectivity index (χ2v) is 6.21. The standard InChI is InChI=1S/C14H17N3OS/c1-9-5-6-11(15)10(8-9)14-16-13(17-18-14)12-4-2-3-7-19-12/h5-6,8,12H,2-4,7,15H2,1H3. The van der Waals surface area contributed by atoms with E-state index in [0.717, 1.165) is 23.4 Å². The van der Waals surface area contributed by atoms with E-state index in [2.05, 4.69) is 10.1 Å². The number of anilines is 1. The quantitative estimate of drug-likeness (QED) is 0.848. The van der Waals surface area contributed by atoms with E-state index in [4.69, 9.17) is 10.3 Å². The van der Waals surface area contributed by atoms with Crippen LogP contribution in [0.15, 0.2) is 22.7 Å². The van der Waals surface area contributed by atoms with E-state index >= 15 is 0 Å². The third-order valence-electron chi connectivity index (χ3n) is 3.35. The number of benzene rings is 1. The first-order valence-corrected chi connectivity index (χ1v) is 7.60. The summed E-state index contributed by atoms with van der Waals surface area (Å²) in [5.41, 5.74) is 8.62. The van der Waals surface area contributed by atoms with E-state index in [9.17, 15) is 0 Å². The molecule has 1 unspecified atom stereocenters. The molecule has 1 aliphatic rings. The summed E-state index contributed by atoms with van der Waals surface area (Å²) < 4.78 is 5.39. The molecular weight excluding hydrogens is 258 g/mol. The molecule has 1 aliphatic heterocycles. The van der Waals surface area contributed by atoms with E-state index in [0.29, 0.717) is 16.8 Å². The van der Waals surface area contributed by atoms with Crippen LogP contribution in [-0.4, -0.2) is 15.9 Å². The number of rotatable bonds is 2.